The zero-order valence-corrected chi connectivity index (χ0v) is 25.9. The first-order valence-corrected chi connectivity index (χ1v) is 14.6. The largest absolute Gasteiger partial charge is 0.488 e. The summed E-state index contributed by atoms with van der Waals surface area (Å²) in [4.78, 5) is 42.6. The number of aliphatic hydroxyl groups excluding tert-OH is 1. The Bertz CT molecular complexity index is 1560. The van der Waals surface area contributed by atoms with Gasteiger partial charge in [-0.2, -0.15) is 0 Å². The smallest absolute Gasteiger partial charge is 0.323 e. The number of fused-ring (bicyclic) bond motifs is 2. The molecule has 0 fully saturated rings. The molecule has 0 bridgehead atoms. The van der Waals surface area contributed by atoms with E-state index in [1.165, 1.54) is 4.90 Å². The van der Waals surface area contributed by atoms with E-state index in [1.807, 2.05) is 6.92 Å². The van der Waals surface area contributed by atoms with Crippen LogP contribution < -0.4 is 30.2 Å². The summed E-state index contributed by atoms with van der Waals surface area (Å²) < 4.78 is 22.3. The molecule has 0 aliphatic carbocycles. The lowest BCUT2D eigenvalue weighted by Gasteiger charge is -2.34. The number of carbonyl (C=O) groups excluding carboxylic acids is 3. The second-order valence-electron chi connectivity index (χ2n) is 11.4. The summed E-state index contributed by atoms with van der Waals surface area (Å²) in [5.74, 6) is 1.69. The summed E-state index contributed by atoms with van der Waals surface area (Å²) in [6.07, 6.45) is -0.530. The van der Waals surface area contributed by atoms with Gasteiger partial charge in [0.05, 0.1) is 25.6 Å². The highest BCUT2D eigenvalue weighted by atomic mass is 16.7. The van der Waals surface area contributed by atoms with Gasteiger partial charge in [0.15, 0.2) is 17.3 Å². The van der Waals surface area contributed by atoms with Crippen LogP contribution in [0.2, 0.25) is 0 Å². The van der Waals surface area contributed by atoms with Crippen molar-refractivity contribution in [1.29, 1.82) is 0 Å². The number of aromatic nitrogens is 1. The van der Waals surface area contributed by atoms with Gasteiger partial charge in [-0.05, 0) is 51.1 Å². The van der Waals surface area contributed by atoms with Crippen molar-refractivity contribution >= 4 is 35.0 Å². The number of rotatable bonds is 7. The van der Waals surface area contributed by atoms with Crippen molar-refractivity contribution in [3.05, 3.63) is 53.4 Å². The van der Waals surface area contributed by atoms with E-state index in [-0.39, 0.29) is 44.2 Å². The van der Waals surface area contributed by atoms with Crippen LogP contribution in [0.25, 0.3) is 0 Å². The average Bonchev–Trinajstić information content (AvgIpc) is 3.61. The van der Waals surface area contributed by atoms with Crippen molar-refractivity contribution in [2.45, 2.75) is 46.3 Å². The van der Waals surface area contributed by atoms with Crippen LogP contribution in [0.4, 0.5) is 26.7 Å². The van der Waals surface area contributed by atoms with Crippen LogP contribution in [0.5, 0.6) is 17.2 Å². The zero-order chi connectivity index (χ0) is 32.2. The Labute approximate surface area is 260 Å². The highest BCUT2D eigenvalue weighted by Gasteiger charge is 2.32. The standard InChI is InChI=1S/C31H38N6O8/c1-17-13-37(18(2)15-38)28(39)11-21-10-22(32-30(40)33-23-7-9-25-26(12-23)43-16-42-25)6-8-24(21)44-27(17)14-36(5)31(41)34-29-19(3)35-45-20(29)4/h6-10,12,17-18,27,38H,11,13-16H2,1-5H3,(H,34,41)(H2,32,33,40)/t17-,18-,27+/m0/s1. The number of nitrogens with zero attached hydrogens (tertiary/aromatic N) is 3. The number of ether oxygens (including phenoxy) is 3. The number of urea groups is 2. The van der Waals surface area contributed by atoms with Gasteiger partial charge in [0.2, 0.25) is 12.7 Å². The average molecular weight is 623 g/mol. The van der Waals surface area contributed by atoms with Crippen molar-refractivity contribution in [3.8, 4) is 17.2 Å². The van der Waals surface area contributed by atoms with Crippen LogP contribution >= 0.6 is 0 Å². The molecule has 0 saturated carbocycles. The first-order chi connectivity index (χ1) is 21.5. The lowest BCUT2D eigenvalue weighted by atomic mass is 10.0. The fourth-order valence-electron chi connectivity index (χ4n) is 5.21. The second-order valence-corrected chi connectivity index (χ2v) is 11.4. The number of aryl methyl sites for hydroxylation is 2. The number of hydrogen-bond donors (Lipinski definition) is 4. The highest BCUT2D eigenvalue weighted by molar-refractivity contribution is 6.00. The Morgan fingerprint density at radius 2 is 1.76 bits per heavy atom. The fourth-order valence-corrected chi connectivity index (χ4v) is 5.21. The summed E-state index contributed by atoms with van der Waals surface area (Å²) in [7, 11) is 1.65. The first kappa shape index (κ1) is 31.4. The molecule has 2 aliphatic rings. The number of carbonyl (C=O) groups is 3. The number of hydrogen-bond acceptors (Lipinski definition) is 9. The van der Waals surface area contributed by atoms with Gasteiger partial charge < -0.3 is 49.6 Å². The van der Waals surface area contributed by atoms with Gasteiger partial charge in [-0.25, -0.2) is 9.59 Å². The molecule has 4 N–H and O–H groups in total. The van der Waals surface area contributed by atoms with E-state index < -0.39 is 18.2 Å². The van der Waals surface area contributed by atoms with E-state index in [4.69, 9.17) is 18.7 Å². The molecular weight excluding hydrogens is 584 g/mol. The third-order valence-corrected chi connectivity index (χ3v) is 7.87. The first-order valence-electron chi connectivity index (χ1n) is 14.6. The molecule has 3 atom stereocenters. The van der Waals surface area contributed by atoms with E-state index in [0.29, 0.717) is 57.9 Å². The van der Waals surface area contributed by atoms with E-state index in [1.54, 1.807) is 69.1 Å². The molecule has 0 saturated heterocycles. The van der Waals surface area contributed by atoms with Crippen molar-refractivity contribution in [2.24, 2.45) is 5.92 Å². The third-order valence-electron chi connectivity index (χ3n) is 7.87. The third kappa shape index (κ3) is 7.23. The van der Waals surface area contributed by atoms with Crippen molar-refractivity contribution in [1.82, 2.24) is 15.0 Å². The lowest BCUT2D eigenvalue weighted by Crippen LogP contribution is -2.48. The monoisotopic (exact) mass is 622 g/mol. The van der Waals surface area contributed by atoms with Gasteiger partial charge in [0.1, 0.15) is 23.2 Å². The molecule has 5 rings (SSSR count). The fraction of sp³-hybridized carbons (Fsp3) is 0.419. The number of amides is 5. The van der Waals surface area contributed by atoms with Gasteiger partial charge >= 0.3 is 12.1 Å². The summed E-state index contributed by atoms with van der Waals surface area (Å²) in [5.41, 5.74) is 2.60. The summed E-state index contributed by atoms with van der Waals surface area (Å²) in [6, 6.07) is 8.87. The van der Waals surface area contributed by atoms with Gasteiger partial charge in [0.25, 0.3) is 0 Å². The molecule has 14 heteroatoms. The number of nitrogens with one attached hydrogen (secondary N) is 3. The Hall–Kier alpha value is -4.98. The molecule has 240 valence electrons. The molecule has 45 heavy (non-hydrogen) atoms. The predicted octanol–water partition coefficient (Wildman–Crippen LogP) is 3.98. The molecule has 3 aromatic rings. The molecule has 14 nitrogen and oxygen atoms in total. The molecule has 2 aromatic carbocycles. The second kappa shape index (κ2) is 13.3. The zero-order valence-electron chi connectivity index (χ0n) is 25.9. The molecular formula is C31H38N6O8. The Kier molecular flexibility index (Phi) is 9.32. The minimum Gasteiger partial charge on any atom is -0.488 e. The van der Waals surface area contributed by atoms with Gasteiger partial charge in [-0.3, -0.25) is 4.79 Å². The molecule has 5 amide bonds. The van der Waals surface area contributed by atoms with Crippen LogP contribution in [0.15, 0.2) is 40.9 Å². The minimum absolute atomic E-state index is 0.0131. The van der Waals surface area contributed by atoms with Gasteiger partial charge in [-0.15, -0.1) is 0 Å². The Morgan fingerprint density at radius 1 is 1.07 bits per heavy atom. The van der Waals surface area contributed by atoms with Crippen molar-refractivity contribution in [2.75, 3.05) is 49.5 Å². The van der Waals surface area contributed by atoms with Crippen molar-refractivity contribution in [3.63, 3.8) is 0 Å². The van der Waals surface area contributed by atoms with Crippen LogP contribution in [0, 0.1) is 19.8 Å². The SMILES string of the molecule is Cc1noc(C)c1NC(=O)N(C)C[C@H]1Oc2ccc(NC(=O)Nc3ccc4c(c3)OCO4)cc2CC(=O)N([C@@H](C)CO)C[C@@H]1C. The number of anilines is 3. The number of benzene rings is 2. The highest BCUT2D eigenvalue weighted by Crippen LogP contribution is 2.34. The quantitative estimate of drug-likeness (QED) is 0.305. The van der Waals surface area contributed by atoms with Crippen LogP contribution in [-0.2, 0) is 11.2 Å². The number of likely N-dealkylation sites (N-methyl/N-ethyl adjacent to an activating group) is 1. The van der Waals surface area contributed by atoms with Crippen molar-refractivity contribution < 1.29 is 38.2 Å². The molecule has 2 aliphatic heterocycles. The molecule has 0 unspecified atom stereocenters. The van der Waals surface area contributed by atoms with Crippen LogP contribution in [0.1, 0.15) is 30.9 Å². The minimum atomic E-state index is -0.517. The number of aliphatic hydroxyl groups is 1. The lowest BCUT2D eigenvalue weighted by molar-refractivity contribution is -0.134. The van der Waals surface area contributed by atoms with Crippen LogP contribution in [-0.4, -0.2) is 83.7 Å². The normalized spacial score (nSPS) is 18.1. The summed E-state index contributed by atoms with van der Waals surface area (Å²) >= 11 is 0. The van der Waals surface area contributed by atoms with Gasteiger partial charge in [-0.1, -0.05) is 12.1 Å². The van der Waals surface area contributed by atoms with Gasteiger partial charge in [0, 0.05) is 42.5 Å². The van der Waals surface area contributed by atoms with E-state index in [2.05, 4.69) is 21.1 Å². The topological polar surface area (TPSA) is 168 Å². The van der Waals surface area contributed by atoms with E-state index >= 15 is 0 Å². The molecule has 1 aromatic heterocycles. The van der Waals surface area contributed by atoms with E-state index in [9.17, 15) is 19.5 Å². The predicted molar refractivity (Wildman–Crippen MR) is 165 cm³/mol. The Balaban J connectivity index is 1.35. The summed E-state index contributed by atoms with van der Waals surface area (Å²) in [6.45, 7) is 7.60. The summed E-state index contributed by atoms with van der Waals surface area (Å²) in [5, 5.41) is 22.2. The Morgan fingerprint density at radius 3 is 2.44 bits per heavy atom. The van der Waals surface area contributed by atoms with E-state index in [0.717, 1.165) is 0 Å². The maximum absolute atomic E-state index is 13.5. The molecule has 0 radical (unpaired) electrons. The maximum Gasteiger partial charge on any atom is 0.323 e. The van der Waals surface area contributed by atoms with Crippen LogP contribution in [0.3, 0.4) is 0 Å². The maximum atomic E-state index is 13.5. The molecule has 3 heterocycles. The molecule has 0 spiro atoms.